The summed E-state index contributed by atoms with van der Waals surface area (Å²) in [5, 5.41) is 10.3. The van der Waals surface area contributed by atoms with Crippen LogP contribution in [0.1, 0.15) is 113 Å². The first-order valence-corrected chi connectivity index (χ1v) is 13.1. The Labute approximate surface area is 186 Å². The van der Waals surface area contributed by atoms with Crippen LogP contribution in [0.5, 0.6) is 0 Å². The molecule has 0 heterocycles. The Hall–Kier alpha value is -0.560. The van der Waals surface area contributed by atoms with Crippen molar-refractivity contribution in [1.29, 1.82) is 0 Å². The van der Waals surface area contributed by atoms with E-state index in [1.807, 2.05) is 11.1 Å². The van der Waals surface area contributed by atoms with Gasteiger partial charge >= 0.3 is 0 Å². The number of hydrogen-bond donors (Lipinski definition) is 1. The number of rotatable bonds is 4. The van der Waals surface area contributed by atoms with Crippen LogP contribution in [0.3, 0.4) is 0 Å². The summed E-state index contributed by atoms with van der Waals surface area (Å²) in [6, 6.07) is 0. The highest BCUT2D eigenvalue weighted by atomic mass is 16.3. The molecule has 1 heteroatoms. The molecule has 0 saturated heterocycles. The van der Waals surface area contributed by atoms with Gasteiger partial charge in [-0.25, -0.2) is 0 Å². The van der Waals surface area contributed by atoms with E-state index in [9.17, 15) is 5.11 Å². The van der Waals surface area contributed by atoms with Gasteiger partial charge in [-0.1, -0.05) is 64.3 Å². The summed E-state index contributed by atoms with van der Waals surface area (Å²) < 4.78 is 0. The first kappa shape index (κ1) is 22.6. The molecule has 4 aliphatic carbocycles. The molecular weight excluding hydrogens is 364 g/mol. The van der Waals surface area contributed by atoms with E-state index < -0.39 is 0 Å². The van der Waals surface area contributed by atoms with E-state index in [2.05, 4.69) is 54.5 Å². The van der Waals surface area contributed by atoms with E-state index in [-0.39, 0.29) is 6.10 Å². The number of aliphatic hydroxyl groups is 1. The number of allylic oxidation sites excluding steroid dienone is 4. The summed E-state index contributed by atoms with van der Waals surface area (Å²) >= 11 is 0. The maximum Gasteiger partial charge on any atom is 0.0543 e. The molecule has 4 aliphatic rings. The van der Waals surface area contributed by atoms with Crippen molar-refractivity contribution in [2.75, 3.05) is 0 Å². The highest BCUT2D eigenvalue weighted by molar-refractivity contribution is 5.38. The summed E-state index contributed by atoms with van der Waals surface area (Å²) in [6.07, 6.45) is 15.2. The van der Waals surface area contributed by atoms with Crippen molar-refractivity contribution < 1.29 is 5.11 Å². The average Bonchev–Trinajstić information content (AvgIpc) is 2.97. The summed E-state index contributed by atoms with van der Waals surface area (Å²) in [5.74, 6) is 3.03. The maximum atomic E-state index is 10.3. The van der Waals surface area contributed by atoms with Crippen molar-refractivity contribution >= 4 is 0 Å². The third-order valence-corrected chi connectivity index (χ3v) is 11.3. The van der Waals surface area contributed by atoms with Crippen molar-refractivity contribution in [1.82, 2.24) is 0 Å². The molecule has 0 aromatic carbocycles. The topological polar surface area (TPSA) is 20.2 Å². The average molecular weight is 413 g/mol. The third kappa shape index (κ3) is 3.28. The second-order valence-corrected chi connectivity index (χ2v) is 12.7. The van der Waals surface area contributed by atoms with Gasteiger partial charge in [0.1, 0.15) is 0 Å². The molecule has 170 valence electrons. The molecule has 4 rings (SSSR count). The quantitative estimate of drug-likeness (QED) is 0.462. The maximum absolute atomic E-state index is 10.3. The van der Waals surface area contributed by atoms with Gasteiger partial charge in [0, 0.05) is 0 Å². The van der Waals surface area contributed by atoms with Crippen LogP contribution in [0.25, 0.3) is 0 Å². The van der Waals surface area contributed by atoms with Gasteiger partial charge in [0.05, 0.1) is 6.10 Å². The monoisotopic (exact) mass is 412 g/mol. The fourth-order valence-electron chi connectivity index (χ4n) is 8.55. The number of aliphatic hydroxyl groups excluding tert-OH is 1. The van der Waals surface area contributed by atoms with E-state index in [1.165, 1.54) is 51.4 Å². The van der Waals surface area contributed by atoms with Crippen LogP contribution in [0.4, 0.5) is 0 Å². The zero-order valence-electron chi connectivity index (χ0n) is 21.0. The largest absolute Gasteiger partial charge is 0.393 e. The Morgan fingerprint density at radius 2 is 1.73 bits per heavy atom. The zero-order valence-corrected chi connectivity index (χ0v) is 21.0. The summed E-state index contributed by atoms with van der Waals surface area (Å²) in [5.41, 5.74) is 6.54. The first-order valence-electron chi connectivity index (χ1n) is 13.1. The molecule has 7 atom stereocenters. The highest BCUT2D eigenvalue weighted by Crippen LogP contribution is 2.71. The van der Waals surface area contributed by atoms with Gasteiger partial charge in [-0.3, -0.25) is 0 Å². The van der Waals surface area contributed by atoms with Crippen LogP contribution >= 0.6 is 0 Å². The molecular formula is C29H48O. The van der Waals surface area contributed by atoms with Crippen molar-refractivity contribution in [3.05, 3.63) is 22.8 Å². The van der Waals surface area contributed by atoms with E-state index >= 15 is 0 Å². The molecule has 7 unspecified atom stereocenters. The minimum Gasteiger partial charge on any atom is -0.393 e. The van der Waals surface area contributed by atoms with Gasteiger partial charge in [-0.2, -0.15) is 0 Å². The molecule has 2 saturated carbocycles. The Kier molecular flexibility index (Phi) is 5.87. The number of fused-ring (bicyclic) bond motifs is 4. The van der Waals surface area contributed by atoms with Crippen LogP contribution < -0.4 is 0 Å². The Morgan fingerprint density at radius 3 is 2.43 bits per heavy atom. The second-order valence-electron chi connectivity index (χ2n) is 12.7. The molecule has 0 aliphatic heterocycles. The minimum atomic E-state index is -0.0475. The lowest BCUT2D eigenvalue weighted by molar-refractivity contribution is -0.00415. The van der Waals surface area contributed by atoms with Crippen LogP contribution in [0, 0.1) is 39.9 Å². The van der Waals surface area contributed by atoms with Gasteiger partial charge in [0.2, 0.25) is 0 Å². The minimum absolute atomic E-state index is 0.0475. The first-order chi connectivity index (χ1) is 14.0. The molecule has 1 N–H and O–H groups in total. The highest BCUT2D eigenvalue weighted by Gasteiger charge is 2.61. The standard InChI is InChI=1S/C29H48O/c1-19(2)20(3)8-9-21(4)24-13-16-29(7)26-11-10-22-18-23(30)12-15-27(22,5)25(26)14-17-28(24,29)6/h8,19,21-24,30H,9-18H2,1-7H3/b20-8+. The Morgan fingerprint density at radius 1 is 1.00 bits per heavy atom. The van der Waals surface area contributed by atoms with E-state index in [0.29, 0.717) is 28.1 Å². The van der Waals surface area contributed by atoms with Crippen molar-refractivity contribution in [3.63, 3.8) is 0 Å². The lowest BCUT2D eigenvalue weighted by Crippen LogP contribution is -2.49. The zero-order chi connectivity index (χ0) is 21.9. The second kappa shape index (κ2) is 7.79. The van der Waals surface area contributed by atoms with Crippen LogP contribution in [0.15, 0.2) is 22.8 Å². The van der Waals surface area contributed by atoms with E-state index in [1.54, 1.807) is 5.57 Å². The van der Waals surface area contributed by atoms with Crippen molar-refractivity contribution in [2.24, 2.45) is 39.9 Å². The fourth-order valence-corrected chi connectivity index (χ4v) is 8.55. The van der Waals surface area contributed by atoms with Crippen LogP contribution in [0.2, 0.25) is 0 Å². The molecule has 30 heavy (non-hydrogen) atoms. The number of hydrogen-bond acceptors (Lipinski definition) is 1. The van der Waals surface area contributed by atoms with Crippen LogP contribution in [-0.2, 0) is 0 Å². The predicted molar refractivity (Wildman–Crippen MR) is 128 cm³/mol. The Balaban J connectivity index is 1.62. The van der Waals surface area contributed by atoms with Gasteiger partial charge in [0.25, 0.3) is 0 Å². The molecule has 0 spiro atoms. The van der Waals surface area contributed by atoms with Gasteiger partial charge in [-0.15, -0.1) is 0 Å². The molecule has 0 radical (unpaired) electrons. The normalized spacial score (nSPS) is 45.2. The lowest BCUT2D eigenvalue weighted by Gasteiger charge is -2.59. The summed E-state index contributed by atoms with van der Waals surface area (Å²) in [4.78, 5) is 0. The van der Waals surface area contributed by atoms with E-state index in [0.717, 1.165) is 24.7 Å². The fraction of sp³-hybridized carbons (Fsp3) is 0.862. The molecule has 0 aromatic rings. The molecule has 2 fully saturated rings. The molecule has 0 bridgehead atoms. The molecule has 0 amide bonds. The van der Waals surface area contributed by atoms with Gasteiger partial charge in [-0.05, 0) is 111 Å². The summed E-state index contributed by atoms with van der Waals surface area (Å²) in [7, 11) is 0. The smallest absolute Gasteiger partial charge is 0.0543 e. The predicted octanol–water partition coefficient (Wildman–Crippen LogP) is 8.09. The SMILES string of the molecule is C/C(=C\CC(C)C1CCC2(C)C3=C(CCC12C)C1(C)CCC(O)CC1CC3)C(C)C. The summed E-state index contributed by atoms with van der Waals surface area (Å²) in [6.45, 7) is 17.4. The lowest BCUT2D eigenvalue weighted by atomic mass is 9.46. The van der Waals surface area contributed by atoms with Gasteiger partial charge in [0.15, 0.2) is 0 Å². The van der Waals surface area contributed by atoms with Crippen molar-refractivity contribution in [2.45, 2.75) is 119 Å². The van der Waals surface area contributed by atoms with Crippen molar-refractivity contribution in [3.8, 4) is 0 Å². The molecule has 1 nitrogen and oxygen atoms in total. The van der Waals surface area contributed by atoms with Crippen LogP contribution in [-0.4, -0.2) is 11.2 Å². The Bertz CT molecular complexity index is 729. The molecule has 0 aromatic heterocycles. The van der Waals surface area contributed by atoms with Gasteiger partial charge < -0.3 is 5.11 Å². The third-order valence-electron chi connectivity index (χ3n) is 11.3. The van der Waals surface area contributed by atoms with E-state index in [4.69, 9.17) is 0 Å².